The van der Waals surface area contributed by atoms with Gasteiger partial charge in [0.1, 0.15) is 19.8 Å². The van der Waals surface area contributed by atoms with E-state index in [0.717, 1.165) is 64.2 Å². The summed E-state index contributed by atoms with van der Waals surface area (Å²) in [6.45, 7) is 4.16. The number of carbonyl (C=O) groups is 2. The van der Waals surface area contributed by atoms with Crippen LogP contribution in [0, 0.1) is 0 Å². The van der Waals surface area contributed by atoms with Crippen molar-refractivity contribution in [1.29, 1.82) is 0 Å². The molecule has 2 atom stereocenters. The number of carbonyl (C=O) groups excluding carboxylic acids is 2. The topological polar surface area (TPSA) is 111 Å². The largest absolute Gasteiger partial charge is 0.756 e. The van der Waals surface area contributed by atoms with Crippen LogP contribution in [0.5, 0.6) is 0 Å². The van der Waals surface area contributed by atoms with Gasteiger partial charge in [0.15, 0.2) is 6.10 Å². The van der Waals surface area contributed by atoms with Gasteiger partial charge >= 0.3 is 11.9 Å². The fourth-order valence-electron chi connectivity index (χ4n) is 5.84. The summed E-state index contributed by atoms with van der Waals surface area (Å²) in [4.78, 5) is 37.5. The molecule has 0 aromatic carbocycles. The Morgan fingerprint density at radius 1 is 0.564 bits per heavy atom. The lowest BCUT2D eigenvalue weighted by Crippen LogP contribution is -2.37. The Balaban J connectivity index is 4.36. The van der Waals surface area contributed by atoms with Crippen molar-refractivity contribution < 1.29 is 42.1 Å². The van der Waals surface area contributed by atoms with Crippen LogP contribution in [0.15, 0.2) is 36.5 Å². The highest BCUT2D eigenvalue weighted by Gasteiger charge is 2.21. The molecular weight excluding hydrogens is 713 g/mol. The van der Waals surface area contributed by atoms with Crippen molar-refractivity contribution in [2.75, 3.05) is 47.5 Å². The summed E-state index contributed by atoms with van der Waals surface area (Å²) in [6, 6.07) is 0. The molecule has 0 radical (unpaired) electrons. The van der Waals surface area contributed by atoms with E-state index < -0.39 is 26.5 Å². The van der Waals surface area contributed by atoms with Crippen LogP contribution in [0.25, 0.3) is 0 Å². The number of esters is 2. The van der Waals surface area contributed by atoms with Gasteiger partial charge in [-0.15, -0.1) is 0 Å². The third-order valence-electron chi connectivity index (χ3n) is 9.38. The van der Waals surface area contributed by atoms with Gasteiger partial charge in [0.25, 0.3) is 7.82 Å². The third kappa shape index (κ3) is 41.7. The molecule has 0 saturated carbocycles. The second-order valence-corrected chi connectivity index (χ2v) is 17.5. The van der Waals surface area contributed by atoms with E-state index in [1.807, 2.05) is 21.1 Å². The van der Waals surface area contributed by atoms with Crippen molar-refractivity contribution in [2.24, 2.45) is 0 Å². The van der Waals surface area contributed by atoms with E-state index in [-0.39, 0.29) is 32.0 Å². The summed E-state index contributed by atoms with van der Waals surface area (Å²) in [5.41, 5.74) is 0. The van der Waals surface area contributed by atoms with Gasteiger partial charge in [-0.2, -0.15) is 0 Å². The second kappa shape index (κ2) is 37.8. The van der Waals surface area contributed by atoms with E-state index in [0.29, 0.717) is 17.4 Å². The zero-order valence-corrected chi connectivity index (χ0v) is 37.0. The zero-order valence-electron chi connectivity index (χ0n) is 36.1. The minimum Gasteiger partial charge on any atom is -0.756 e. The Labute approximate surface area is 338 Å². The Bertz CT molecular complexity index is 1040. The first-order chi connectivity index (χ1) is 26.5. The number of allylic oxidation sites excluding steroid dienone is 6. The molecule has 0 amide bonds. The van der Waals surface area contributed by atoms with Crippen molar-refractivity contribution in [3.8, 4) is 0 Å². The molecule has 1 unspecified atom stereocenters. The maximum atomic E-state index is 12.7. The zero-order chi connectivity index (χ0) is 40.7. The average molecular weight is 798 g/mol. The number of rotatable bonds is 40. The lowest BCUT2D eigenvalue weighted by Gasteiger charge is -2.28. The lowest BCUT2D eigenvalue weighted by molar-refractivity contribution is -0.870. The molecule has 0 rings (SSSR count). The molecule has 0 aromatic rings. The van der Waals surface area contributed by atoms with Crippen LogP contribution < -0.4 is 4.89 Å². The van der Waals surface area contributed by atoms with E-state index >= 15 is 0 Å². The maximum Gasteiger partial charge on any atom is 0.306 e. The fraction of sp³-hybridized carbons (Fsp3) is 0.822. The lowest BCUT2D eigenvalue weighted by atomic mass is 10.1. The molecule has 0 aliphatic rings. The number of hydrogen-bond acceptors (Lipinski definition) is 8. The number of hydrogen-bond donors (Lipinski definition) is 0. The quantitative estimate of drug-likeness (QED) is 0.0198. The van der Waals surface area contributed by atoms with Crippen LogP contribution in [0.1, 0.15) is 187 Å². The molecule has 9 nitrogen and oxygen atoms in total. The van der Waals surface area contributed by atoms with Gasteiger partial charge in [0.2, 0.25) is 0 Å². The Morgan fingerprint density at radius 3 is 1.51 bits per heavy atom. The number of quaternary nitrogens is 1. The molecule has 0 heterocycles. The molecule has 0 aliphatic carbocycles. The van der Waals surface area contributed by atoms with Crippen LogP contribution >= 0.6 is 7.82 Å². The normalized spacial score (nSPS) is 13.9. The summed E-state index contributed by atoms with van der Waals surface area (Å²) in [5, 5.41) is 0. The Hall–Kier alpha value is -1.77. The molecule has 0 fully saturated rings. The number of likely N-dealkylation sites (N-methyl/N-ethyl adjacent to an activating group) is 1. The number of ether oxygens (including phenoxy) is 2. The molecule has 55 heavy (non-hydrogen) atoms. The Kier molecular flexibility index (Phi) is 36.6. The van der Waals surface area contributed by atoms with Crippen LogP contribution in [0.4, 0.5) is 0 Å². The highest BCUT2D eigenvalue weighted by atomic mass is 31.2. The molecule has 0 aliphatic heterocycles. The first-order valence-corrected chi connectivity index (χ1v) is 23.7. The average Bonchev–Trinajstić information content (AvgIpc) is 3.13. The van der Waals surface area contributed by atoms with E-state index in [9.17, 15) is 19.0 Å². The van der Waals surface area contributed by atoms with E-state index in [2.05, 4.69) is 50.3 Å². The first kappa shape index (κ1) is 53.2. The molecule has 322 valence electrons. The number of phosphoric acid groups is 1. The van der Waals surface area contributed by atoms with Gasteiger partial charge in [0, 0.05) is 12.8 Å². The van der Waals surface area contributed by atoms with Crippen molar-refractivity contribution in [3.05, 3.63) is 36.5 Å². The number of phosphoric ester groups is 1. The van der Waals surface area contributed by atoms with Gasteiger partial charge in [-0.1, -0.05) is 147 Å². The molecular formula is C45H84NO8P. The highest BCUT2D eigenvalue weighted by molar-refractivity contribution is 7.45. The van der Waals surface area contributed by atoms with Crippen molar-refractivity contribution >= 4 is 19.8 Å². The van der Waals surface area contributed by atoms with Crippen LogP contribution in [-0.4, -0.2) is 70.0 Å². The summed E-state index contributed by atoms with van der Waals surface area (Å²) in [7, 11) is 1.15. The highest BCUT2D eigenvalue weighted by Crippen LogP contribution is 2.38. The van der Waals surface area contributed by atoms with Crippen molar-refractivity contribution in [1.82, 2.24) is 0 Å². The minimum atomic E-state index is -4.63. The van der Waals surface area contributed by atoms with Gasteiger partial charge < -0.3 is 27.9 Å². The van der Waals surface area contributed by atoms with E-state index in [1.54, 1.807) is 0 Å². The molecule has 0 spiro atoms. The molecule has 0 saturated heterocycles. The Morgan fingerprint density at radius 2 is 1.00 bits per heavy atom. The van der Waals surface area contributed by atoms with Gasteiger partial charge in [0.05, 0.1) is 27.7 Å². The number of nitrogens with zero attached hydrogens (tertiary/aromatic N) is 1. The minimum absolute atomic E-state index is 0.0341. The summed E-state index contributed by atoms with van der Waals surface area (Å²) in [6.07, 6.45) is 41.6. The predicted molar refractivity (Wildman–Crippen MR) is 227 cm³/mol. The van der Waals surface area contributed by atoms with Gasteiger partial charge in [-0.05, 0) is 64.2 Å². The van der Waals surface area contributed by atoms with E-state index in [1.165, 1.54) is 89.9 Å². The molecule has 0 bridgehead atoms. The molecule has 10 heteroatoms. The summed E-state index contributed by atoms with van der Waals surface area (Å²) in [5.74, 6) is -0.852. The predicted octanol–water partition coefficient (Wildman–Crippen LogP) is 11.9. The smallest absolute Gasteiger partial charge is 0.306 e. The van der Waals surface area contributed by atoms with E-state index in [4.69, 9.17) is 18.5 Å². The number of unbranched alkanes of at least 4 members (excludes halogenated alkanes) is 20. The van der Waals surface area contributed by atoms with Crippen molar-refractivity contribution in [3.63, 3.8) is 0 Å². The third-order valence-corrected chi connectivity index (χ3v) is 10.3. The monoisotopic (exact) mass is 798 g/mol. The van der Waals surface area contributed by atoms with Crippen LogP contribution in [0.3, 0.4) is 0 Å². The van der Waals surface area contributed by atoms with Crippen molar-refractivity contribution in [2.45, 2.75) is 193 Å². The van der Waals surface area contributed by atoms with Gasteiger partial charge in [-0.3, -0.25) is 14.2 Å². The van der Waals surface area contributed by atoms with Crippen LogP contribution in [-0.2, 0) is 32.7 Å². The maximum absolute atomic E-state index is 12.7. The summed E-state index contributed by atoms with van der Waals surface area (Å²) < 4.78 is 33.9. The molecule has 0 aromatic heterocycles. The second-order valence-electron chi connectivity index (χ2n) is 16.1. The van der Waals surface area contributed by atoms with Crippen LogP contribution in [0.2, 0.25) is 0 Å². The standard InChI is InChI=1S/C45H84NO8P/c1-6-8-10-12-14-16-18-20-22-23-24-26-27-29-31-33-35-37-44(47)51-41-43(42-53-55(49,50)52-40-39-46(3,4)5)54-45(48)38-36-34-32-30-28-25-21-19-17-15-13-11-9-7-2/h13,15-16,18-19,21,43H,6-12,14,17,20,22-42H2,1-5H3/b15-13+,18-16+,21-19+/t43-/m1/s1. The molecule has 0 N–H and O–H groups in total. The summed E-state index contributed by atoms with van der Waals surface area (Å²) >= 11 is 0. The fourth-order valence-corrected chi connectivity index (χ4v) is 6.57. The SMILES string of the molecule is CCCC/C=C/C/C=C/CCCCCCCC(=O)O[C@H](COC(=O)CCCCCCCCCCC/C=C/CCCCCC)COP(=O)([O-])OCC[N+](C)(C)C. The first-order valence-electron chi connectivity index (χ1n) is 22.2. The van der Waals surface area contributed by atoms with Gasteiger partial charge in [-0.25, -0.2) is 0 Å².